The summed E-state index contributed by atoms with van der Waals surface area (Å²) in [7, 11) is 0. The van der Waals surface area contributed by atoms with Gasteiger partial charge in [-0.05, 0) is 51.1 Å². The number of carbonyl (C=O) groups is 1. The minimum atomic E-state index is -0.194. The first-order valence-corrected chi connectivity index (χ1v) is 11.4. The predicted octanol–water partition coefficient (Wildman–Crippen LogP) is 3.79. The van der Waals surface area contributed by atoms with E-state index < -0.39 is 0 Å². The third-order valence-electron chi connectivity index (χ3n) is 6.39. The predicted molar refractivity (Wildman–Crippen MR) is 121 cm³/mol. The zero-order valence-electron chi connectivity index (χ0n) is 18.3. The zero-order chi connectivity index (χ0) is 21.6. The molecular formula is C25H32FN3O2. The number of anilines is 1. The Morgan fingerprint density at radius 3 is 2.35 bits per heavy atom. The van der Waals surface area contributed by atoms with Crippen molar-refractivity contribution in [3.63, 3.8) is 0 Å². The molecular weight excluding hydrogens is 393 g/mol. The summed E-state index contributed by atoms with van der Waals surface area (Å²) in [6.07, 6.45) is 1.78. The van der Waals surface area contributed by atoms with Gasteiger partial charge in [-0.1, -0.05) is 30.3 Å². The molecule has 1 amide bonds. The van der Waals surface area contributed by atoms with Crippen LogP contribution < -0.4 is 9.64 Å². The maximum Gasteiger partial charge on any atom is 0.225 e. The maximum absolute atomic E-state index is 14.0. The number of rotatable bonds is 6. The third kappa shape index (κ3) is 5.18. The van der Waals surface area contributed by atoms with E-state index in [0.29, 0.717) is 38.5 Å². The molecule has 31 heavy (non-hydrogen) atoms. The number of hydrogen-bond donors (Lipinski definition) is 0. The zero-order valence-corrected chi connectivity index (χ0v) is 18.3. The number of amides is 1. The maximum atomic E-state index is 14.0. The molecule has 2 fully saturated rings. The molecule has 2 heterocycles. The van der Waals surface area contributed by atoms with Gasteiger partial charge in [0.05, 0.1) is 12.3 Å². The summed E-state index contributed by atoms with van der Waals surface area (Å²) in [6, 6.07) is 15.1. The van der Waals surface area contributed by atoms with Gasteiger partial charge in [-0.15, -0.1) is 0 Å². The van der Waals surface area contributed by atoms with E-state index in [0.717, 1.165) is 38.2 Å². The Hall–Kier alpha value is -2.60. The highest BCUT2D eigenvalue weighted by Gasteiger charge is 2.31. The lowest BCUT2D eigenvalue weighted by atomic mass is 9.94. The molecule has 166 valence electrons. The average molecular weight is 426 g/mol. The van der Waals surface area contributed by atoms with Crippen LogP contribution in [0, 0.1) is 11.7 Å². The van der Waals surface area contributed by atoms with Gasteiger partial charge in [-0.3, -0.25) is 9.69 Å². The average Bonchev–Trinajstić information content (AvgIpc) is 2.81. The van der Waals surface area contributed by atoms with E-state index in [4.69, 9.17) is 4.74 Å². The minimum Gasteiger partial charge on any atom is -0.494 e. The number of carbonyl (C=O) groups excluding carboxylic acids is 1. The van der Waals surface area contributed by atoms with E-state index in [-0.39, 0.29) is 17.6 Å². The Balaban J connectivity index is 1.26. The van der Waals surface area contributed by atoms with Crippen LogP contribution in [0.15, 0.2) is 48.5 Å². The van der Waals surface area contributed by atoms with Crippen LogP contribution in [-0.4, -0.2) is 61.6 Å². The van der Waals surface area contributed by atoms with E-state index in [1.54, 1.807) is 6.07 Å². The smallest absolute Gasteiger partial charge is 0.225 e. The quantitative estimate of drug-likeness (QED) is 0.706. The van der Waals surface area contributed by atoms with E-state index in [2.05, 4.69) is 17.0 Å². The Morgan fingerprint density at radius 2 is 1.65 bits per heavy atom. The van der Waals surface area contributed by atoms with Crippen molar-refractivity contribution in [3.05, 3.63) is 59.9 Å². The molecule has 0 aliphatic carbocycles. The summed E-state index contributed by atoms with van der Waals surface area (Å²) in [5, 5.41) is 0. The molecule has 2 aromatic carbocycles. The fraction of sp³-hybridized carbons (Fsp3) is 0.480. The number of likely N-dealkylation sites (tertiary alicyclic amines) is 1. The van der Waals surface area contributed by atoms with Crippen LogP contribution >= 0.6 is 0 Å². The van der Waals surface area contributed by atoms with Gasteiger partial charge in [-0.2, -0.15) is 0 Å². The molecule has 2 aromatic rings. The van der Waals surface area contributed by atoms with Crippen molar-refractivity contribution in [1.29, 1.82) is 0 Å². The molecule has 5 nitrogen and oxygen atoms in total. The second-order valence-electron chi connectivity index (χ2n) is 8.35. The monoisotopic (exact) mass is 425 g/mol. The topological polar surface area (TPSA) is 36.0 Å². The summed E-state index contributed by atoms with van der Waals surface area (Å²) in [6.45, 7) is 8.06. The highest BCUT2D eigenvalue weighted by Crippen LogP contribution is 2.26. The van der Waals surface area contributed by atoms with E-state index in [1.165, 1.54) is 11.6 Å². The molecule has 0 radical (unpaired) electrons. The second kappa shape index (κ2) is 10.1. The highest BCUT2D eigenvalue weighted by atomic mass is 19.1. The molecule has 6 heteroatoms. The number of hydrogen-bond acceptors (Lipinski definition) is 4. The summed E-state index contributed by atoms with van der Waals surface area (Å²) < 4.78 is 19.8. The number of nitrogens with zero attached hydrogens (tertiary/aromatic N) is 3. The number of ether oxygens (including phenoxy) is 1. The molecule has 2 aliphatic rings. The van der Waals surface area contributed by atoms with Crippen LogP contribution in [0.1, 0.15) is 25.3 Å². The number of halogens is 1. The minimum absolute atomic E-state index is 0.0957. The van der Waals surface area contributed by atoms with Crippen LogP contribution in [0.25, 0.3) is 0 Å². The summed E-state index contributed by atoms with van der Waals surface area (Å²) in [5.74, 6) is 1.12. The van der Waals surface area contributed by atoms with E-state index in [1.807, 2.05) is 41.0 Å². The lowest BCUT2D eigenvalue weighted by molar-refractivity contribution is -0.137. The molecule has 0 spiro atoms. The Kier molecular flexibility index (Phi) is 7.07. The van der Waals surface area contributed by atoms with Gasteiger partial charge in [0.2, 0.25) is 5.91 Å². The SMILES string of the molecule is CCOc1ccccc1CN1CCC(C(=O)N2CCN(c3ccccc3F)CC2)CC1. The van der Waals surface area contributed by atoms with Crippen molar-refractivity contribution in [2.75, 3.05) is 50.8 Å². The molecule has 4 rings (SSSR count). The fourth-order valence-electron chi connectivity index (χ4n) is 4.64. The number of piperazine rings is 1. The van der Waals surface area contributed by atoms with Crippen molar-refractivity contribution in [2.45, 2.75) is 26.3 Å². The molecule has 2 aliphatic heterocycles. The second-order valence-corrected chi connectivity index (χ2v) is 8.35. The van der Waals surface area contributed by atoms with Gasteiger partial charge in [0.15, 0.2) is 0 Å². The van der Waals surface area contributed by atoms with Crippen LogP contribution in [0.5, 0.6) is 5.75 Å². The van der Waals surface area contributed by atoms with Gasteiger partial charge in [0, 0.05) is 44.2 Å². The molecule has 0 atom stereocenters. The van der Waals surface area contributed by atoms with Gasteiger partial charge >= 0.3 is 0 Å². The van der Waals surface area contributed by atoms with Crippen molar-refractivity contribution in [1.82, 2.24) is 9.80 Å². The Morgan fingerprint density at radius 1 is 0.968 bits per heavy atom. The van der Waals surface area contributed by atoms with E-state index in [9.17, 15) is 9.18 Å². The van der Waals surface area contributed by atoms with Crippen LogP contribution in [0.3, 0.4) is 0 Å². The first-order chi connectivity index (χ1) is 15.2. The van der Waals surface area contributed by atoms with Gasteiger partial charge in [0.25, 0.3) is 0 Å². The van der Waals surface area contributed by atoms with Crippen molar-refractivity contribution >= 4 is 11.6 Å². The molecule has 2 saturated heterocycles. The van der Waals surface area contributed by atoms with Crippen molar-refractivity contribution in [3.8, 4) is 5.75 Å². The number of para-hydroxylation sites is 2. The van der Waals surface area contributed by atoms with Crippen LogP contribution in [0.4, 0.5) is 10.1 Å². The summed E-state index contributed by atoms with van der Waals surface area (Å²) >= 11 is 0. The van der Waals surface area contributed by atoms with Gasteiger partial charge in [0.1, 0.15) is 11.6 Å². The first kappa shape index (κ1) is 21.6. The standard InChI is InChI=1S/C25H32FN3O2/c1-2-31-24-10-6-3-7-21(24)19-27-13-11-20(12-14-27)25(30)29-17-15-28(16-18-29)23-9-5-4-8-22(23)26/h3-10,20H,2,11-19H2,1H3. The summed E-state index contributed by atoms with van der Waals surface area (Å²) in [5.41, 5.74) is 1.84. The molecule has 0 saturated carbocycles. The van der Waals surface area contributed by atoms with E-state index >= 15 is 0 Å². The molecule has 0 unspecified atom stereocenters. The van der Waals surface area contributed by atoms with Crippen molar-refractivity contribution in [2.24, 2.45) is 5.92 Å². The van der Waals surface area contributed by atoms with Crippen LogP contribution in [-0.2, 0) is 11.3 Å². The van der Waals surface area contributed by atoms with Crippen molar-refractivity contribution < 1.29 is 13.9 Å². The first-order valence-electron chi connectivity index (χ1n) is 11.4. The largest absolute Gasteiger partial charge is 0.494 e. The molecule has 0 bridgehead atoms. The van der Waals surface area contributed by atoms with Gasteiger partial charge in [-0.25, -0.2) is 4.39 Å². The summed E-state index contributed by atoms with van der Waals surface area (Å²) in [4.78, 5) is 19.5. The molecule has 0 aromatic heterocycles. The normalized spacial score (nSPS) is 18.3. The highest BCUT2D eigenvalue weighted by molar-refractivity contribution is 5.79. The lowest BCUT2D eigenvalue weighted by Gasteiger charge is -2.39. The lowest BCUT2D eigenvalue weighted by Crippen LogP contribution is -2.51. The molecule has 0 N–H and O–H groups in total. The Labute approximate surface area is 184 Å². The van der Waals surface area contributed by atoms with Gasteiger partial charge < -0.3 is 14.5 Å². The number of benzene rings is 2. The third-order valence-corrected chi connectivity index (χ3v) is 6.39. The van der Waals surface area contributed by atoms with Crippen LogP contribution in [0.2, 0.25) is 0 Å². The Bertz CT molecular complexity index is 875. The fourth-order valence-corrected chi connectivity index (χ4v) is 4.64. The number of piperidine rings is 1.